The number of hydrogen-bond acceptors (Lipinski definition) is 3. The minimum absolute atomic E-state index is 0.0292. The summed E-state index contributed by atoms with van der Waals surface area (Å²) in [6.07, 6.45) is 1.95. The van der Waals surface area contributed by atoms with Gasteiger partial charge in [0.1, 0.15) is 11.3 Å². The van der Waals surface area contributed by atoms with E-state index in [2.05, 4.69) is 4.98 Å². The number of benzene rings is 1. The smallest absolute Gasteiger partial charge is 0.306 e. The average Bonchev–Trinajstić information content (AvgIpc) is 2.93. The molecular weight excluding hydrogens is 237 g/mol. The maximum Gasteiger partial charge on any atom is 0.306 e. The lowest BCUT2D eigenvalue weighted by molar-refractivity contribution is -0.141. The van der Waals surface area contributed by atoms with Gasteiger partial charge in [0.25, 0.3) is 0 Å². The molecule has 2 aromatic rings. The Morgan fingerprint density at radius 1 is 1.44 bits per heavy atom. The second-order valence-corrected chi connectivity index (χ2v) is 4.71. The van der Waals surface area contributed by atoms with E-state index in [-0.39, 0.29) is 17.7 Å². The molecule has 1 aromatic carbocycles. The molecule has 1 fully saturated rings. The molecule has 0 saturated heterocycles. The van der Waals surface area contributed by atoms with E-state index in [1.54, 1.807) is 6.07 Å². The summed E-state index contributed by atoms with van der Waals surface area (Å²) in [6, 6.07) is 4.20. The van der Waals surface area contributed by atoms with E-state index < -0.39 is 5.97 Å². The van der Waals surface area contributed by atoms with Crippen molar-refractivity contribution in [1.82, 2.24) is 4.98 Å². The summed E-state index contributed by atoms with van der Waals surface area (Å²) in [5, 5.41) is 8.95. The molecule has 0 spiro atoms. The number of hydrogen-bond donors (Lipinski definition) is 1. The second kappa shape index (κ2) is 4.08. The third-order valence-corrected chi connectivity index (χ3v) is 3.50. The summed E-state index contributed by atoms with van der Waals surface area (Å²) in [4.78, 5) is 15.1. The Morgan fingerprint density at radius 3 is 3.00 bits per heavy atom. The van der Waals surface area contributed by atoms with Crippen LogP contribution in [0.3, 0.4) is 0 Å². The molecule has 1 N–H and O–H groups in total. The van der Waals surface area contributed by atoms with E-state index in [1.807, 2.05) is 0 Å². The zero-order valence-corrected chi connectivity index (χ0v) is 9.60. The summed E-state index contributed by atoms with van der Waals surface area (Å²) < 4.78 is 18.6. The van der Waals surface area contributed by atoms with Crippen LogP contribution in [0.25, 0.3) is 11.1 Å². The molecule has 2 atom stereocenters. The maximum absolute atomic E-state index is 13.0. The average molecular weight is 249 g/mol. The van der Waals surface area contributed by atoms with Crippen LogP contribution in [0, 0.1) is 11.7 Å². The molecule has 4 nitrogen and oxygen atoms in total. The summed E-state index contributed by atoms with van der Waals surface area (Å²) in [7, 11) is 0. The Labute approximate surface area is 102 Å². The maximum atomic E-state index is 13.0. The van der Waals surface area contributed by atoms with E-state index in [1.165, 1.54) is 12.1 Å². The molecule has 5 heteroatoms. The van der Waals surface area contributed by atoms with Gasteiger partial charge in [-0.2, -0.15) is 0 Å². The molecule has 18 heavy (non-hydrogen) atoms. The van der Waals surface area contributed by atoms with Crippen LogP contribution in [-0.4, -0.2) is 16.1 Å². The first-order chi connectivity index (χ1) is 8.63. The molecule has 0 aliphatic heterocycles. The molecule has 1 aliphatic rings. The van der Waals surface area contributed by atoms with Crippen LogP contribution in [0.2, 0.25) is 0 Å². The minimum Gasteiger partial charge on any atom is -0.481 e. The van der Waals surface area contributed by atoms with Crippen LogP contribution in [-0.2, 0) is 4.79 Å². The van der Waals surface area contributed by atoms with Gasteiger partial charge >= 0.3 is 5.97 Å². The largest absolute Gasteiger partial charge is 0.481 e. The molecular formula is C13H12FNO3. The number of nitrogens with zero attached hydrogens (tertiary/aromatic N) is 1. The number of aliphatic carboxylic acids is 1. The highest BCUT2D eigenvalue weighted by Gasteiger charge is 2.33. The number of halogens is 1. The van der Waals surface area contributed by atoms with Gasteiger partial charge in [0, 0.05) is 12.0 Å². The van der Waals surface area contributed by atoms with Crippen LogP contribution in [0.1, 0.15) is 31.1 Å². The van der Waals surface area contributed by atoms with Gasteiger partial charge in [-0.15, -0.1) is 0 Å². The van der Waals surface area contributed by atoms with E-state index in [9.17, 15) is 9.18 Å². The van der Waals surface area contributed by atoms with E-state index in [4.69, 9.17) is 9.52 Å². The lowest BCUT2D eigenvalue weighted by Crippen LogP contribution is -2.09. The van der Waals surface area contributed by atoms with Gasteiger partial charge in [-0.1, -0.05) is 0 Å². The van der Waals surface area contributed by atoms with E-state index in [0.717, 1.165) is 6.42 Å². The molecule has 0 bridgehead atoms. The zero-order valence-electron chi connectivity index (χ0n) is 9.60. The molecule has 0 radical (unpaired) electrons. The monoisotopic (exact) mass is 249 g/mol. The SMILES string of the molecule is O=C(O)C1CCC(c2nc3cc(F)ccc3o2)C1. The van der Waals surface area contributed by atoms with Crippen molar-refractivity contribution in [1.29, 1.82) is 0 Å². The number of carboxylic acid groups (broad SMARTS) is 1. The third-order valence-electron chi connectivity index (χ3n) is 3.50. The van der Waals surface area contributed by atoms with Crippen molar-refractivity contribution < 1.29 is 18.7 Å². The van der Waals surface area contributed by atoms with Crippen molar-refractivity contribution in [2.24, 2.45) is 5.92 Å². The van der Waals surface area contributed by atoms with Crippen molar-refractivity contribution in [3.63, 3.8) is 0 Å². The zero-order chi connectivity index (χ0) is 12.7. The second-order valence-electron chi connectivity index (χ2n) is 4.71. The molecule has 1 heterocycles. The molecule has 1 aliphatic carbocycles. The highest BCUT2D eigenvalue weighted by molar-refractivity contribution is 5.73. The molecule has 3 rings (SSSR count). The van der Waals surface area contributed by atoms with Crippen LogP contribution in [0.5, 0.6) is 0 Å². The highest BCUT2D eigenvalue weighted by atomic mass is 19.1. The number of oxazole rings is 1. The number of rotatable bonds is 2. The lowest BCUT2D eigenvalue weighted by Gasteiger charge is -2.03. The van der Waals surface area contributed by atoms with Crippen LogP contribution in [0.15, 0.2) is 22.6 Å². The first kappa shape index (κ1) is 11.2. The first-order valence-corrected chi connectivity index (χ1v) is 5.92. The predicted molar refractivity (Wildman–Crippen MR) is 61.7 cm³/mol. The Balaban J connectivity index is 1.89. The topological polar surface area (TPSA) is 63.3 Å². The van der Waals surface area contributed by atoms with E-state index in [0.29, 0.717) is 29.8 Å². The van der Waals surface area contributed by atoms with E-state index >= 15 is 0 Å². The Hall–Kier alpha value is -1.91. The Bertz CT molecular complexity index is 607. The molecule has 94 valence electrons. The fourth-order valence-electron chi connectivity index (χ4n) is 2.52. The lowest BCUT2D eigenvalue weighted by atomic mass is 10.1. The fourth-order valence-corrected chi connectivity index (χ4v) is 2.52. The predicted octanol–water partition coefficient (Wildman–Crippen LogP) is 2.94. The van der Waals surface area contributed by atoms with Crippen molar-refractivity contribution in [2.75, 3.05) is 0 Å². The first-order valence-electron chi connectivity index (χ1n) is 5.92. The summed E-state index contributed by atoms with van der Waals surface area (Å²) in [6.45, 7) is 0. The molecule has 2 unspecified atom stereocenters. The van der Waals surface area contributed by atoms with Gasteiger partial charge in [-0.3, -0.25) is 4.79 Å². The minimum atomic E-state index is -0.764. The van der Waals surface area contributed by atoms with Gasteiger partial charge in [0.05, 0.1) is 5.92 Å². The number of carboxylic acids is 1. The summed E-state index contributed by atoms with van der Waals surface area (Å²) in [5.74, 6) is -0.875. The van der Waals surface area contributed by atoms with Gasteiger partial charge < -0.3 is 9.52 Å². The fraction of sp³-hybridized carbons (Fsp3) is 0.385. The highest BCUT2D eigenvalue weighted by Crippen LogP contribution is 2.38. The summed E-state index contributed by atoms with van der Waals surface area (Å²) >= 11 is 0. The third kappa shape index (κ3) is 1.85. The molecule has 0 amide bonds. The van der Waals surface area contributed by atoms with Gasteiger partial charge in [-0.25, -0.2) is 9.37 Å². The van der Waals surface area contributed by atoms with Crippen LogP contribution in [0.4, 0.5) is 4.39 Å². The Kier molecular flexibility index (Phi) is 2.54. The molecule has 1 aromatic heterocycles. The quantitative estimate of drug-likeness (QED) is 0.888. The van der Waals surface area contributed by atoms with Crippen molar-refractivity contribution in [3.05, 3.63) is 29.9 Å². The number of aromatic nitrogens is 1. The van der Waals surface area contributed by atoms with Gasteiger partial charge in [-0.05, 0) is 31.4 Å². The van der Waals surface area contributed by atoms with Crippen molar-refractivity contribution >= 4 is 17.1 Å². The Morgan fingerprint density at radius 2 is 2.28 bits per heavy atom. The number of fused-ring (bicyclic) bond motifs is 1. The normalized spacial score (nSPS) is 23.6. The van der Waals surface area contributed by atoms with Gasteiger partial charge in [0.2, 0.25) is 0 Å². The van der Waals surface area contributed by atoms with Crippen LogP contribution >= 0.6 is 0 Å². The van der Waals surface area contributed by atoms with Crippen molar-refractivity contribution in [3.8, 4) is 0 Å². The molecule has 1 saturated carbocycles. The number of carbonyl (C=O) groups is 1. The summed E-state index contributed by atoms with van der Waals surface area (Å²) in [5.41, 5.74) is 1.04. The van der Waals surface area contributed by atoms with Crippen LogP contribution < -0.4 is 0 Å². The van der Waals surface area contributed by atoms with Gasteiger partial charge in [0.15, 0.2) is 11.5 Å². The van der Waals surface area contributed by atoms with Crippen molar-refractivity contribution in [2.45, 2.75) is 25.2 Å². The standard InChI is InChI=1S/C13H12FNO3/c14-9-3-4-11-10(6-9)15-12(18-11)7-1-2-8(5-7)13(16)17/h3-4,6-8H,1-2,5H2,(H,16,17).